The number of hydrogen-bond acceptors (Lipinski definition) is 5. The molecule has 17 heavy (non-hydrogen) atoms. The zero-order valence-electron chi connectivity index (χ0n) is 9.33. The molecule has 0 fully saturated rings. The minimum atomic E-state index is -1.04. The average molecular weight is 254 g/mol. The SMILES string of the molecule is CN1c2ccccc2SC1N[C@@H](CO)C(=O)O. The third-order valence-electron chi connectivity index (χ3n) is 2.66. The van der Waals surface area contributed by atoms with Gasteiger partial charge in [-0.25, -0.2) is 0 Å². The molecule has 0 aliphatic carbocycles. The predicted molar refractivity (Wildman–Crippen MR) is 66.1 cm³/mol. The molecule has 0 radical (unpaired) electrons. The van der Waals surface area contributed by atoms with Crippen molar-refractivity contribution in [2.45, 2.75) is 16.4 Å². The molecule has 3 N–H and O–H groups in total. The molecule has 0 spiro atoms. The van der Waals surface area contributed by atoms with Crippen molar-refractivity contribution in [3.8, 4) is 0 Å². The van der Waals surface area contributed by atoms with Crippen LogP contribution in [0.4, 0.5) is 5.69 Å². The number of carboxylic acids is 1. The van der Waals surface area contributed by atoms with Crippen molar-refractivity contribution in [3.63, 3.8) is 0 Å². The van der Waals surface area contributed by atoms with E-state index in [4.69, 9.17) is 10.2 Å². The van der Waals surface area contributed by atoms with E-state index >= 15 is 0 Å². The molecule has 92 valence electrons. The molecule has 1 heterocycles. The van der Waals surface area contributed by atoms with E-state index in [0.29, 0.717) is 0 Å². The molecular weight excluding hydrogens is 240 g/mol. The number of aliphatic carboxylic acids is 1. The molecule has 1 aliphatic rings. The van der Waals surface area contributed by atoms with Crippen LogP contribution in [0.5, 0.6) is 0 Å². The molecule has 0 saturated heterocycles. The van der Waals surface area contributed by atoms with Gasteiger partial charge in [0.25, 0.3) is 0 Å². The Morgan fingerprint density at radius 2 is 2.29 bits per heavy atom. The average Bonchev–Trinajstić information content (AvgIpc) is 2.63. The van der Waals surface area contributed by atoms with Gasteiger partial charge in [-0.15, -0.1) is 0 Å². The molecule has 1 aliphatic heterocycles. The summed E-state index contributed by atoms with van der Waals surface area (Å²) in [5, 5.41) is 20.8. The van der Waals surface area contributed by atoms with Gasteiger partial charge >= 0.3 is 5.97 Å². The maximum Gasteiger partial charge on any atom is 0.323 e. The summed E-state index contributed by atoms with van der Waals surface area (Å²) in [6.45, 7) is -0.420. The number of carboxylic acid groups (broad SMARTS) is 1. The van der Waals surface area contributed by atoms with E-state index in [2.05, 4.69) is 5.32 Å². The number of thioether (sulfide) groups is 1. The first-order chi connectivity index (χ1) is 8.13. The number of carbonyl (C=O) groups is 1. The van der Waals surface area contributed by atoms with Crippen molar-refractivity contribution >= 4 is 23.4 Å². The molecule has 0 bridgehead atoms. The Bertz CT molecular complexity index is 427. The smallest absolute Gasteiger partial charge is 0.323 e. The number of rotatable bonds is 4. The Morgan fingerprint density at radius 1 is 1.59 bits per heavy atom. The third kappa shape index (κ3) is 2.38. The van der Waals surface area contributed by atoms with Gasteiger partial charge in [0, 0.05) is 11.9 Å². The molecule has 0 saturated carbocycles. The lowest BCUT2D eigenvalue weighted by Gasteiger charge is -2.25. The number of nitrogens with zero attached hydrogens (tertiary/aromatic N) is 1. The highest BCUT2D eigenvalue weighted by Gasteiger charge is 2.30. The number of benzene rings is 1. The van der Waals surface area contributed by atoms with Crippen LogP contribution in [0.1, 0.15) is 0 Å². The van der Waals surface area contributed by atoms with Crippen molar-refractivity contribution in [2.24, 2.45) is 0 Å². The first kappa shape index (κ1) is 12.2. The van der Waals surface area contributed by atoms with E-state index in [0.717, 1.165) is 10.6 Å². The molecule has 6 heteroatoms. The van der Waals surface area contributed by atoms with Crippen LogP contribution < -0.4 is 10.2 Å². The van der Waals surface area contributed by atoms with Crippen LogP contribution in [0.2, 0.25) is 0 Å². The van der Waals surface area contributed by atoms with E-state index in [1.54, 1.807) is 11.8 Å². The van der Waals surface area contributed by atoms with Gasteiger partial charge in [-0.1, -0.05) is 23.9 Å². The van der Waals surface area contributed by atoms with Gasteiger partial charge in [0.2, 0.25) is 0 Å². The van der Waals surface area contributed by atoms with E-state index in [1.807, 2.05) is 36.2 Å². The highest BCUT2D eigenvalue weighted by molar-refractivity contribution is 8.00. The Hall–Kier alpha value is -1.24. The minimum Gasteiger partial charge on any atom is -0.480 e. The predicted octanol–water partition coefficient (Wildman–Crippen LogP) is 0.547. The quantitative estimate of drug-likeness (QED) is 0.728. The molecule has 5 nitrogen and oxygen atoms in total. The van der Waals surface area contributed by atoms with Gasteiger partial charge in [0.15, 0.2) is 0 Å². The highest BCUT2D eigenvalue weighted by atomic mass is 32.2. The summed E-state index contributed by atoms with van der Waals surface area (Å²) in [5.74, 6) is -1.04. The fourth-order valence-electron chi connectivity index (χ4n) is 1.69. The Morgan fingerprint density at radius 3 is 2.88 bits per heavy atom. The van der Waals surface area contributed by atoms with Crippen LogP contribution in [0.15, 0.2) is 29.2 Å². The fourth-order valence-corrected chi connectivity index (χ4v) is 2.93. The highest BCUT2D eigenvalue weighted by Crippen LogP contribution is 2.40. The second-order valence-electron chi connectivity index (χ2n) is 3.79. The molecule has 2 rings (SSSR count). The summed E-state index contributed by atoms with van der Waals surface area (Å²) in [5.41, 5.74) is 0.901. The largest absolute Gasteiger partial charge is 0.480 e. The van der Waals surface area contributed by atoms with Crippen molar-refractivity contribution in [1.82, 2.24) is 5.32 Å². The molecule has 0 aromatic heterocycles. The first-order valence-corrected chi connectivity index (χ1v) is 6.09. The van der Waals surface area contributed by atoms with Crippen molar-refractivity contribution in [2.75, 3.05) is 18.6 Å². The van der Waals surface area contributed by atoms with E-state index in [1.165, 1.54) is 0 Å². The lowest BCUT2D eigenvalue weighted by Crippen LogP contribution is -2.49. The molecular formula is C11H14N2O3S. The van der Waals surface area contributed by atoms with Crippen LogP contribution in [0.25, 0.3) is 0 Å². The molecule has 1 aromatic carbocycles. The fraction of sp³-hybridized carbons (Fsp3) is 0.364. The Balaban J connectivity index is 2.09. The second kappa shape index (κ2) is 4.95. The van der Waals surface area contributed by atoms with Crippen molar-refractivity contribution < 1.29 is 15.0 Å². The van der Waals surface area contributed by atoms with Crippen molar-refractivity contribution in [1.29, 1.82) is 0 Å². The lowest BCUT2D eigenvalue weighted by atomic mass is 10.3. The molecule has 2 atom stereocenters. The first-order valence-electron chi connectivity index (χ1n) is 5.21. The number of nitrogens with one attached hydrogen (secondary N) is 1. The monoisotopic (exact) mass is 254 g/mol. The van der Waals surface area contributed by atoms with Gasteiger partial charge in [-0.3, -0.25) is 10.1 Å². The summed E-state index contributed by atoms with van der Waals surface area (Å²) in [6, 6.07) is 6.93. The maximum atomic E-state index is 10.8. The summed E-state index contributed by atoms with van der Waals surface area (Å²) >= 11 is 1.55. The van der Waals surface area contributed by atoms with Gasteiger partial charge in [0.05, 0.1) is 12.3 Å². The standard InChI is InChI=1S/C11H14N2O3S/c1-13-8-4-2-3-5-9(8)17-11(13)12-7(6-14)10(15)16/h2-5,7,11-12,14H,6H2,1H3,(H,15,16)/t7-,11?/m0/s1. The van der Waals surface area contributed by atoms with Crippen LogP contribution >= 0.6 is 11.8 Å². The Kier molecular flexibility index (Phi) is 3.56. The van der Waals surface area contributed by atoms with E-state index in [-0.39, 0.29) is 5.50 Å². The molecule has 0 amide bonds. The number of hydrogen-bond donors (Lipinski definition) is 3. The number of para-hydroxylation sites is 1. The van der Waals surface area contributed by atoms with Gasteiger partial charge in [-0.05, 0) is 12.1 Å². The summed E-state index contributed by atoms with van der Waals surface area (Å²) < 4.78 is 0. The Labute approximate surface area is 103 Å². The number of aliphatic hydroxyl groups excluding tert-OH is 1. The maximum absolute atomic E-state index is 10.8. The zero-order valence-corrected chi connectivity index (χ0v) is 10.1. The minimum absolute atomic E-state index is 0.166. The van der Waals surface area contributed by atoms with Gasteiger partial charge in [-0.2, -0.15) is 0 Å². The summed E-state index contributed by atoms with van der Waals surface area (Å²) in [6.07, 6.45) is 0. The molecule has 1 unspecified atom stereocenters. The van der Waals surface area contributed by atoms with Crippen LogP contribution in [-0.4, -0.2) is 41.4 Å². The van der Waals surface area contributed by atoms with E-state index in [9.17, 15) is 4.79 Å². The number of aliphatic hydroxyl groups is 1. The number of anilines is 1. The topological polar surface area (TPSA) is 72.8 Å². The van der Waals surface area contributed by atoms with Crippen LogP contribution in [-0.2, 0) is 4.79 Å². The van der Waals surface area contributed by atoms with Crippen LogP contribution in [0, 0.1) is 0 Å². The summed E-state index contributed by atoms with van der Waals surface area (Å²) in [4.78, 5) is 13.9. The number of fused-ring (bicyclic) bond motifs is 1. The molecule has 1 aromatic rings. The second-order valence-corrected chi connectivity index (χ2v) is 4.91. The van der Waals surface area contributed by atoms with Gasteiger partial charge < -0.3 is 15.1 Å². The van der Waals surface area contributed by atoms with E-state index < -0.39 is 18.6 Å². The van der Waals surface area contributed by atoms with Gasteiger partial charge in [0.1, 0.15) is 11.5 Å². The van der Waals surface area contributed by atoms with Crippen LogP contribution in [0.3, 0.4) is 0 Å². The van der Waals surface area contributed by atoms with Crippen molar-refractivity contribution in [3.05, 3.63) is 24.3 Å². The normalized spacial score (nSPS) is 20.1. The summed E-state index contributed by atoms with van der Waals surface area (Å²) in [7, 11) is 1.90. The zero-order chi connectivity index (χ0) is 12.4. The third-order valence-corrected chi connectivity index (χ3v) is 3.93. The lowest BCUT2D eigenvalue weighted by molar-refractivity contribution is -0.140.